The molecule has 0 bridgehead atoms. The van der Waals surface area contributed by atoms with Crippen molar-refractivity contribution in [2.45, 2.75) is 51.9 Å². The van der Waals surface area contributed by atoms with E-state index in [2.05, 4.69) is 19.2 Å². The van der Waals surface area contributed by atoms with Crippen molar-refractivity contribution in [2.75, 3.05) is 11.9 Å². The number of nitrogens with one attached hydrogen (secondary N) is 1. The number of benzene rings is 2. The number of carbonyl (C=O) groups is 1. The first-order chi connectivity index (χ1) is 13.8. The minimum absolute atomic E-state index is 0.0370. The number of amides is 1. The Kier molecular flexibility index (Phi) is 6.20. The van der Waals surface area contributed by atoms with Crippen molar-refractivity contribution in [3.05, 3.63) is 63.7 Å². The van der Waals surface area contributed by atoms with Gasteiger partial charge in [0.05, 0.1) is 16.9 Å². The predicted molar refractivity (Wildman–Crippen MR) is 113 cm³/mol. The Morgan fingerprint density at radius 3 is 2.38 bits per heavy atom. The zero-order valence-corrected chi connectivity index (χ0v) is 17.2. The maximum atomic E-state index is 13.3. The zero-order chi connectivity index (χ0) is 21.0. The predicted octanol–water partition coefficient (Wildman–Crippen LogP) is 5.39. The fourth-order valence-electron chi connectivity index (χ4n) is 3.92. The average Bonchev–Trinajstić information content (AvgIpc) is 3.18. The highest BCUT2D eigenvalue weighted by molar-refractivity contribution is 5.99. The molecule has 3 rings (SSSR count). The number of nitro groups is 1. The van der Waals surface area contributed by atoms with Gasteiger partial charge in [0.25, 0.3) is 5.69 Å². The molecule has 6 heteroatoms. The maximum Gasteiger partial charge on any atom is 0.269 e. The van der Waals surface area contributed by atoms with E-state index in [1.165, 1.54) is 12.1 Å². The Bertz CT molecular complexity index is 884. The lowest BCUT2D eigenvalue weighted by atomic mass is 9.78. The number of carbonyl (C=O) groups excluding carboxylic acids is 1. The summed E-state index contributed by atoms with van der Waals surface area (Å²) < 4.78 is 5.81. The molecule has 1 aliphatic carbocycles. The first-order valence-corrected chi connectivity index (χ1v) is 10.1. The quantitative estimate of drug-likeness (QED) is 0.503. The summed E-state index contributed by atoms with van der Waals surface area (Å²) in [5, 5.41) is 14.0. The van der Waals surface area contributed by atoms with Crippen molar-refractivity contribution in [1.82, 2.24) is 0 Å². The van der Waals surface area contributed by atoms with E-state index in [0.717, 1.165) is 48.2 Å². The van der Waals surface area contributed by atoms with E-state index in [-0.39, 0.29) is 11.6 Å². The number of nitrogens with zero attached hydrogens (tertiary/aromatic N) is 1. The number of aryl methyl sites for hydroxylation is 1. The van der Waals surface area contributed by atoms with Crippen LogP contribution in [0.1, 0.15) is 50.7 Å². The molecule has 1 saturated carbocycles. The van der Waals surface area contributed by atoms with Gasteiger partial charge in [0, 0.05) is 17.8 Å². The van der Waals surface area contributed by atoms with Gasteiger partial charge in [-0.15, -0.1) is 0 Å². The summed E-state index contributed by atoms with van der Waals surface area (Å²) in [6.45, 7) is 6.81. The fraction of sp³-hybridized carbons (Fsp3) is 0.435. The van der Waals surface area contributed by atoms with Gasteiger partial charge in [0.15, 0.2) is 0 Å². The molecule has 2 aromatic carbocycles. The van der Waals surface area contributed by atoms with E-state index in [4.69, 9.17) is 4.74 Å². The summed E-state index contributed by atoms with van der Waals surface area (Å²) in [7, 11) is 0. The van der Waals surface area contributed by atoms with E-state index in [1.807, 2.05) is 25.1 Å². The molecule has 1 amide bonds. The first kappa shape index (κ1) is 20.8. The van der Waals surface area contributed by atoms with Crippen LogP contribution in [0.2, 0.25) is 0 Å². The van der Waals surface area contributed by atoms with Crippen molar-refractivity contribution >= 4 is 17.3 Å². The Hall–Kier alpha value is -2.89. The van der Waals surface area contributed by atoms with Crippen LogP contribution in [0.4, 0.5) is 11.4 Å². The lowest BCUT2D eigenvalue weighted by Gasteiger charge is -2.28. The topological polar surface area (TPSA) is 81.5 Å². The number of anilines is 1. The van der Waals surface area contributed by atoms with Gasteiger partial charge in [-0.2, -0.15) is 0 Å². The molecular formula is C23H28N2O4. The number of ether oxygens (including phenoxy) is 1. The van der Waals surface area contributed by atoms with Crippen molar-refractivity contribution in [3.8, 4) is 5.75 Å². The van der Waals surface area contributed by atoms with Gasteiger partial charge in [-0.05, 0) is 55.0 Å². The molecule has 2 aromatic rings. The fourth-order valence-corrected chi connectivity index (χ4v) is 3.92. The number of non-ortho nitro benzene ring substituents is 1. The Labute approximate surface area is 171 Å². The van der Waals surface area contributed by atoms with Gasteiger partial charge in [0.1, 0.15) is 5.75 Å². The summed E-state index contributed by atoms with van der Waals surface area (Å²) in [5.41, 5.74) is 1.94. The Morgan fingerprint density at radius 2 is 1.83 bits per heavy atom. The van der Waals surface area contributed by atoms with E-state index < -0.39 is 10.3 Å². The van der Waals surface area contributed by atoms with Gasteiger partial charge in [-0.25, -0.2) is 0 Å². The molecule has 0 saturated heterocycles. The number of nitro benzene ring substituents is 1. The maximum absolute atomic E-state index is 13.3. The van der Waals surface area contributed by atoms with E-state index >= 15 is 0 Å². The minimum Gasteiger partial charge on any atom is -0.493 e. The second-order valence-corrected chi connectivity index (χ2v) is 8.23. The van der Waals surface area contributed by atoms with E-state index in [0.29, 0.717) is 12.5 Å². The summed E-state index contributed by atoms with van der Waals surface area (Å²) in [6, 6.07) is 12.1. The summed E-state index contributed by atoms with van der Waals surface area (Å²) in [6.07, 6.45) is 3.41. The molecule has 0 unspecified atom stereocenters. The molecule has 1 fully saturated rings. The monoisotopic (exact) mass is 396 g/mol. The van der Waals surface area contributed by atoms with Crippen LogP contribution < -0.4 is 10.1 Å². The highest BCUT2D eigenvalue weighted by atomic mass is 16.6. The normalized spacial score (nSPS) is 15.3. The van der Waals surface area contributed by atoms with Crippen LogP contribution in [0.3, 0.4) is 0 Å². The third-order valence-corrected chi connectivity index (χ3v) is 5.53. The van der Waals surface area contributed by atoms with Gasteiger partial charge in [-0.1, -0.05) is 38.8 Å². The lowest BCUT2D eigenvalue weighted by molar-refractivity contribution is -0.384. The molecule has 154 valence electrons. The molecule has 6 nitrogen and oxygen atoms in total. The Balaban J connectivity index is 1.80. The van der Waals surface area contributed by atoms with E-state index in [9.17, 15) is 14.9 Å². The van der Waals surface area contributed by atoms with Crippen LogP contribution in [0.15, 0.2) is 42.5 Å². The Morgan fingerprint density at radius 1 is 1.17 bits per heavy atom. The summed E-state index contributed by atoms with van der Waals surface area (Å²) in [4.78, 5) is 23.8. The smallest absolute Gasteiger partial charge is 0.269 e. The van der Waals surface area contributed by atoms with Crippen molar-refractivity contribution in [1.29, 1.82) is 0 Å². The summed E-state index contributed by atoms with van der Waals surface area (Å²) >= 11 is 0. The van der Waals surface area contributed by atoms with Gasteiger partial charge >= 0.3 is 0 Å². The molecule has 0 atom stereocenters. The van der Waals surface area contributed by atoms with E-state index in [1.54, 1.807) is 12.1 Å². The van der Waals surface area contributed by atoms with Crippen LogP contribution in [0.5, 0.6) is 5.75 Å². The van der Waals surface area contributed by atoms with Gasteiger partial charge < -0.3 is 10.1 Å². The van der Waals surface area contributed by atoms with Crippen molar-refractivity contribution in [3.63, 3.8) is 0 Å². The van der Waals surface area contributed by atoms with Crippen molar-refractivity contribution in [2.24, 2.45) is 5.92 Å². The van der Waals surface area contributed by atoms with Crippen LogP contribution in [-0.2, 0) is 10.2 Å². The molecule has 0 aliphatic heterocycles. The van der Waals surface area contributed by atoms with Crippen LogP contribution in [0.25, 0.3) is 0 Å². The third-order valence-electron chi connectivity index (χ3n) is 5.53. The lowest BCUT2D eigenvalue weighted by Crippen LogP contribution is -2.38. The second-order valence-electron chi connectivity index (χ2n) is 8.23. The highest BCUT2D eigenvalue weighted by Crippen LogP contribution is 2.42. The molecule has 29 heavy (non-hydrogen) atoms. The molecule has 1 N–H and O–H groups in total. The molecule has 0 spiro atoms. The second kappa shape index (κ2) is 8.64. The van der Waals surface area contributed by atoms with Crippen LogP contribution in [-0.4, -0.2) is 17.4 Å². The largest absolute Gasteiger partial charge is 0.493 e. The SMILES string of the molecule is Cc1cc(NC(=O)C2(c3ccc([N+](=O)[O-])cc3)CCCC2)ccc1OCC(C)C. The molecular weight excluding hydrogens is 368 g/mol. The van der Waals surface area contributed by atoms with Crippen molar-refractivity contribution < 1.29 is 14.5 Å². The average molecular weight is 396 g/mol. The third kappa shape index (κ3) is 4.58. The van der Waals surface area contributed by atoms with Gasteiger partial charge in [0.2, 0.25) is 5.91 Å². The molecule has 0 heterocycles. The summed E-state index contributed by atoms with van der Waals surface area (Å²) in [5.74, 6) is 1.21. The molecule has 0 radical (unpaired) electrons. The van der Waals surface area contributed by atoms with Crippen LogP contribution >= 0.6 is 0 Å². The highest BCUT2D eigenvalue weighted by Gasteiger charge is 2.42. The van der Waals surface area contributed by atoms with Crippen LogP contribution in [0, 0.1) is 23.0 Å². The number of rotatable bonds is 7. The molecule has 1 aliphatic rings. The molecule has 0 aromatic heterocycles. The number of hydrogen-bond donors (Lipinski definition) is 1. The minimum atomic E-state index is -0.643. The number of hydrogen-bond acceptors (Lipinski definition) is 4. The standard InChI is InChI=1S/C23H28N2O4/c1-16(2)15-29-21-11-8-19(14-17(21)3)24-22(26)23(12-4-5-13-23)18-6-9-20(10-7-18)25(27)28/h6-11,14,16H,4-5,12-13,15H2,1-3H3,(H,24,26). The van der Waals surface area contributed by atoms with Gasteiger partial charge in [-0.3, -0.25) is 14.9 Å². The zero-order valence-electron chi connectivity index (χ0n) is 17.2. The first-order valence-electron chi connectivity index (χ1n) is 10.1.